The van der Waals surface area contributed by atoms with Gasteiger partial charge in [0.2, 0.25) is 0 Å². The quantitative estimate of drug-likeness (QED) is 0.865. The van der Waals surface area contributed by atoms with E-state index in [2.05, 4.69) is 23.4 Å². The van der Waals surface area contributed by atoms with Crippen molar-refractivity contribution in [3.63, 3.8) is 0 Å². The zero-order valence-corrected chi connectivity index (χ0v) is 10.5. The highest BCUT2D eigenvalue weighted by Crippen LogP contribution is 2.62. The van der Waals surface area contributed by atoms with Gasteiger partial charge in [-0.05, 0) is 49.3 Å². The predicted octanol–water partition coefficient (Wildman–Crippen LogP) is 2.40. The van der Waals surface area contributed by atoms with E-state index in [-0.39, 0.29) is 0 Å². The van der Waals surface area contributed by atoms with Crippen LogP contribution in [-0.2, 0) is 0 Å². The van der Waals surface area contributed by atoms with E-state index in [4.69, 9.17) is 4.74 Å². The lowest BCUT2D eigenvalue weighted by atomic mass is 9.98. The summed E-state index contributed by atoms with van der Waals surface area (Å²) in [5, 5.41) is 3.46. The van der Waals surface area contributed by atoms with E-state index in [1.54, 1.807) is 13.3 Å². The predicted molar refractivity (Wildman–Crippen MR) is 66.9 cm³/mol. The normalized spacial score (nSPS) is 32.0. The lowest BCUT2D eigenvalue weighted by Crippen LogP contribution is -2.20. The molecule has 1 aromatic rings. The van der Waals surface area contributed by atoms with Crippen LogP contribution in [0.15, 0.2) is 18.5 Å². The van der Waals surface area contributed by atoms with Crippen molar-refractivity contribution in [3.8, 4) is 5.75 Å². The van der Waals surface area contributed by atoms with Crippen LogP contribution in [0, 0.1) is 17.8 Å². The Morgan fingerprint density at radius 1 is 1.35 bits per heavy atom. The van der Waals surface area contributed by atoms with Gasteiger partial charge >= 0.3 is 0 Å². The van der Waals surface area contributed by atoms with Gasteiger partial charge in [-0.2, -0.15) is 0 Å². The first-order valence-corrected chi connectivity index (χ1v) is 6.51. The first-order chi connectivity index (χ1) is 8.35. The van der Waals surface area contributed by atoms with Crippen LogP contribution < -0.4 is 10.1 Å². The van der Waals surface area contributed by atoms with Crippen LogP contribution >= 0.6 is 0 Å². The minimum Gasteiger partial charge on any atom is -0.495 e. The topological polar surface area (TPSA) is 34.2 Å². The molecule has 2 fully saturated rings. The van der Waals surface area contributed by atoms with Gasteiger partial charge in [-0.3, -0.25) is 4.98 Å². The summed E-state index contributed by atoms with van der Waals surface area (Å²) in [5.41, 5.74) is 1.27. The number of fused-ring (bicyclic) bond motifs is 1. The Labute approximate surface area is 103 Å². The monoisotopic (exact) mass is 232 g/mol. The molecule has 1 heterocycles. The lowest BCUT2D eigenvalue weighted by Gasteiger charge is -2.18. The van der Waals surface area contributed by atoms with Crippen molar-refractivity contribution in [3.05, 3.63) is 24.0 Å². The van der Waals surface area contributed by atoms with E-state index in [1.165, 1.54) is 24.8 Å². The molecule has 1 aromatic heterocycles. The molecule has 0 bridgehead atoms. The van der Waals surface area contributed by atoms with E-state index < -0.39 is 0 Å². The zero-order chi connectivity index (χ0) is 11.8. The van der Waals surface area contributed by atoms with Crippen LogP contribution in [-0.4, -0.2) is 19.1 Å². The molecule has 0 saturated heterocycles. The van der Waals surface area contributed by atoms with Crippen LogP contribution in [0.5, 0.6) is 5.75 Å². The molecule has 2 saturated carbocycles. The number of methoxy groups -OCH3 is 1. The van der Waals surface area contributed by atoms with Gasteiger partial charge in [-0.25, -0.2) is 0 Å². The maximum absolute atomic E-state index is 5.25. The standard InChI is InChI=1S/C14H20N2O/c1-15-14(13-11-4-3-5-12(11)13)9-6-10(17-2)8-16-7-9/h6-8,11-15H,3-5H2,1-2H3. The molecule has 3 nitrogen and oxygen atoms in total. The Morgan fingerprint density at radius 3 is 2.76 bits per heavy atom. The average Bonchev–Trinajstić information content (AvgIpc) is 2.85. The fourth-order valence-electron chi connectivity index (χ4n) is 3.67. The third-order valence-electron chi connectivity index (χ3n) is 4.50. The van der Waals surface area contributed by atoms with E-state index >= 15 is 0 Å². The summed E-state index contributed by atoms with van der Waals surface area (Å²) in [6.45, 7) is 0. The molecule has 0 spiro atoms. The summed E-state index contributed by atoms with van der Waals surface area (Å²) >= 11 is 0. The molecule has 0 amide bonds. The fourth-order valence-corrected chi connectivity index (χ4v) is 3.67. The Morgan fingerprint density at radius 2 is 2.12 bits per heavy atom. The highest BCUT2D eigenvalue weighted by molar-refractivity contribution is 5.28. The molecular weight excluding hydrogens is 212 g/mol. The SMILES string of the molecule is CNC(c1cncc(OC)c1)C1C2CCCC21. The molecule has 0 aliphatic heterocycles. The zero-order valence-electron chi connectivity index (χ0n) is 10.5. The van der Waals surface area contributed by atoms with Crippen molar-refractivity contribution < 1.29 is 4.74 Å². The summed E-state index contributed by atoms with van der Waals surface area (Å²) in [4.78, 5) is 4.26. The maximum atomic E-state index is 5.25. The van der Waals surface area contributed by atoms with Crippen molar-refractivity contribution >= 4 is 0 Å². The first kappa shape index (κ1) is 11.0. The fraction of sp³-hybridized carbons (Fsp3) is 0.643. The molecule has 0 aromatic carbocycles. The molecule has 2 aliphatic carbocycles. The summed E-state index contributed by atoms with van der Waals surface area (Å²) < 4.78 is 5.25. The van der Waals surface area contributed by atoms with Crippen molar-refractivity contribution in [2.75, 3.05) is 14.2 Å². The maximum Gasteiger partial charge on any atom is 0.137 e. The molecular formula is C14H20N2O. The Bertz CT molecular complexity index is 397. The number of ether oxygens (including phenoxy) is 1. The first-order valence-electron chi connectivity index (χ1n) is 6.51. The molecule has 92 valence electrons. The van der Waals surface area contributed by atoms with Gasteiger partial charge in [-0.1, -0.05) is 6.42 Å². The molecule has 2 aliphatic rings. The molecule has 3 rings (SSSR count). The van der Waals surface area contributed by atoms with Crippen molar-refractivity contribution in [1.29, 1.82) is 0 Å². The van der Waals surface area contributed by atoms with Gasteiger partial charge in [0.05, 0.1) is 13.3 Å². The van der Waals surface area contributed by atoms with Crippen molar-refractivity contribution in [1.82, 2.24) is 10.3 Å². The number of nitrogens with one attached hydrogen (secondary N) is 1. The Hall–Kier alpha value is -1.09. The minimum absolute atomic E-state index is 0.452. The summed E-state index contributed by atoms with van der Waals surface area (Å²) in [6.07, 6.45) is 8.01. The molecule has 1 N–H and O–H groups in total. The number of aromatic nitrogens is 1. The number of nitrogens with zero attached hydrogens (tertiary/aromatic N) is 1. The molecule has 3 atom stereocenters. The van der Waals surface area contributed by atoms with Gasteiger partial charge in [0.15, 0.2) is 0 Å². The second-order valence-corrected chi connectivity index (χ2v) is 5.26. The minimum atomic E-state index is 0.452. The van der Waals surface area contributed by atoms with Crippen LogP contribution in [0.3, 0.4) is 0 Å². The van der Waals surface area contributed by atoms with Crippen LogP contribution in [0.2, 0.25) is 0 Å². The van der Waals surface area contributed by atoms with Crippen molar-refractivity contribution in [2.24, 2.45) is 17.8 Å². The van der Waals surface area contributed by atoms with E-state index in [1.807, 2.05) is 6.20 Å². The summed E-state index contributed by atoms with van der Waals surface area (Å²) in [5.74, 6) is 3.59. The number of hydrogen-bond acceptors (Lipinski definition) is 3. The third kappa shape index (κ3) is 1.82. The lowest BCUT2D eigenvalue weighted by molar-refractivity contribution is 0.406. The average molecular weight is 232 g/mol. The summed E-state index contributed by atoms with van der Waals surface area (Å²) in [6, 6.07) is 2.57. The van der Waals surface area contributed by atoms with Crippen LogP contribution in [0.4, 0.5) is 0 Å². The number of rotatable bonds is 4. The highest BCUT2D eigenvalue weighted by Gasteiger charge is 2.55. The number of pyridine rings is 1. The van der Waals surface area contributed by atoms with E-state index in [0.29, 0.717) is 6.04 Å². The highest BCUT2D eigenvalue weighted by atomic mass is 16.5. The molecule has 17 heavy (non-hydrogen) atoms. The third-order valence-corrected chi connectivity index (χ3v) is 4.50. The van der Waals surface area contributed by atoms with E-state index in [0.717, 1.165) is 23.5 Å². The summed E-state index contributed by atoms with van der Waals surface area (Å²) in [7, 11) is 3.75. The molecule has 3 heteroatoms. The second-order valence-electron chi connectivity index (χ2n) is 5.26. The van der Waals surface area contributed by atoms with E-state index in [9.17, 15) is 0 Å². The van der Waals surface area contributed by atoms with Crippen molar-refractivity contribution in [2.45, 2.75) is 25.3 Å². The Kier molecular flexibility index (Phi) is 2.79. The molecule has 3 unspecified atom stereocenters. The van der Waals surface area contributed by atoms with Gasteiger partial charge < -0.3 is 10.1 Å². The van der Waals surface area contributed by atoms with Crippen LogP contribution in [0.25, 0.3) is 0 Å². The smallest absolute Gasteiger partial charge is 0.137 e. The molecule has 0 radical (unpaired) electrons. The van der Waals surface area contributed by atoms with Gasteiger partial charge in [0, 0.05) is 12.2 Å². The van der Waals surface area contributed by atoms with Gasteiger partial charge in [0.1, 0.15) is 5.75 Å². The largest absolute Gasteiger partial charge is 0.495 e. The van der Waals surface area contributed by atoms with Gasteiger partial charge in [-0.15, -0.1) is 0 Å². The second kappa shape index (κ2) is 4.30. The van der Waals surface area contributed by atoms with Crippen LogP contribution in [0.1, 0.15) is 30.9 Å². The Balaban J connectivity index is 1.80. The number of hydrogen-bond donors (Lipinski definition) is 1. The van der Waals surface area contributed by atoms with Gasteiger partial charge in [0.25, 0.3) is 0 Å².